The summed E-state index contributed by atoms with van der Waals surface area (Å²) in [5, 5.41) is 8.47. The Morgan fingerprint density at radius 2 is 2.09 bits per heavy atom. The molecule has 2 amide bonds. The normalized spacial score (nSPS) is 12.7. The van der Waals surface area contributed by atoms with Crippen LogP contribution in [0.2, 0.25) is 0 Å². The maximum Gasteiger partial charge on any atom is 0.319 e. The van der Waals surface area contributed by atoms with Crippen LogP contribution in [-0.4, -0.2) is 21.5 Å². The summed E-state index contributed by atoms with van der Waals surface area (Å²) < 4.78 is 11.5. The minimum absolute atomic E-state index is 0.322. The number of urea groups is 1. The molecule has 5 nitrogen and oxygen atoms in total. The van der Waals surface area contributed by atoms with E-state index in [0.29, 0.717) is 10.6 Å². The van der Waals surface area contributed by atoms with Gasteiger partial charge in [-0.25, -0.2) is 9.78 Å². The van der Waals surface area contributed by atoms with Crippen LogP contribution in [0.15, 0.2) is 34.5 Å². The van der Waals surface area contributed by atoms with Crippen LogP contribution in [0.3, 0.4) is 0 Å². The molecule has 2 N–H and O–H groups in total. The SMILES string of the molecule is Cc1csc(C(C)(C)NC(=O)Nc2cccc(S(C)=O)c2)n1. The summed E-state index contributed by atoms with van der Waals surface area (Å²) in [7, 11) is -1.08. The minimum Gasteiger partial charge on any atom is -0.326 e. The molecular weight excluding hydrogens is 318 g/mol. The molecule has 0 aliphatic heterocycles. The van der Waals surface area contributed by atoms with E-state index in [1.54, 1.807) is 30.5 Å². The molecule has 1 atom stereocenters. The molecule has 22 heavy (non-hydrogen) atoms. The Morgan fingerprint density at radius 3 is 2.68 bits per heavy atom. The second-order valence-corrected chi connectivity index (χ2v) is 7.72. The summed E-state index contributed by atoms with van der Waals surface area (Å²) in [6.07, 6.45) is 1.60. The molecule has 1 unspecified atom stereocenters. The van der Waals surface area contributed by atoms with Gasteiger partial charge in [-0.1, -0.05) is 6.07 Å². The molecule has 2 rings (SSSR count). The third-order valence-corrected chi connectivity index (χ3v) is 5.21. The molecule has 1 heterocycles. The summed E-state index contributed by atoms with van der Waals surface area (Å²) in [6, 6.07) is 6.67. The number of nitrogens with one attached hydrogen (secondary N) is 2. The summed E-state index contributed by atoms with van der Waals surface area (Å²) >= 11 is 1.52. The van der Waals surface area contributed by atoms with Gasteiger partial charge in [0.1, 0.15) is 5.01 Å². The van der Waals surface area contributed by atoms with Crippen LogP contribution in [0, 0.1) is 6.92 Å². The van der Waals surface area contributed by atoms with Crippen molar-refractivity contribution >= 4 is 33.9 Å². The molecule has 0 spiro atoms. The Labute approximate surface area is 136 Å². The van der Waals surface area contributed by atoms with Gasteiger partial charge in [-0.15, -0.1) is 11.3 Å². The molecule has 0 saturated heterocycles. The monoisotopic (exact) mass is 337 g/mol. The number of hydrogen-bond acceptors (Lipinski definition) is 4. The van der Waals surface area contributed by atoms with Crippen molar-refractivity contribution in [2.24, 2.45) is 0 Å². The standard InChI is InChI=1S/C15H19N3O2S2/c1-10-9-21-13(16-10)15(2,3)18-14(19)17-11-6-5-7-12(8-11)22(4)20/h5-9H,1-4H3,(H2,17,18,19). The van der Waals surface area contributed by atoms with Gasteiger partial charge in [0.15, 0.2) is 0 Å². The third kappa shape index (κ3) is 4.14. The van der Waals surface area contributed by atoms with E-state index in [-0.39, 0.29) is 6.03 Å². The van der Waals surface area contributed by atoms with Crippen LogP contribution in [0.1, 0.15) is 24.5 Å². The molecule has 1 aromatic heterocycles. The lowest BCUT2D eigenvalue weighted by Crippen LogP contribution is -2.43. The lowest BCUT2D eigenvalue weighted by Gasteiger charge is -2.24. The zero-order valence-corrected chi connectivity index (χ0v) is 14.6. The zero-order chi connectivity index (χ0) is 16.3. The van der Waals surface area contributed by atoms with Crippen LogP contribution in [0.25, 0.3) is 0 Å². The third-order valence-electron chi connectivity index (χ3n) is 3.00. The predicted octanol–water partition coefficient (Wildman–Crippen LogP) is 3.25. The first-order chi connectivity index (χ1) is 10.3. The lowest BCUT2D eigenvalue weighted by molar-refractivity contribution is 0.241. The fourth-order valence-corrected chi connectivity index (χ4v) is 3.33. The van der Waals surface area contributed by atoms with Crippen molar-refractivity contribution in [2.75, 3.05) is 11.6 Å². The first-order valence-corrected chi connectivity index (χ1v) is 9.17. The Hall–Kier alpha value is -1.73. The highest BCUT2D eigenvalue weighted by molar-refractivity contribution is 7.84. The molecular formula is C15H19N3O2S2. The van der Waals surface area contributed by atoms with Crippen LogP contribution in [0.5, 0.6) is 0 Å². The number of anilines is 1. The number of carbonyl (C=O) groups is 1. The summed E-state index contributed by atoms with van der Waals surface area (Å²) in [6.45, 7) is 5.73. The number of nitrogens with zero attached hydrogens (tertiary/aromatic N) is 1. The van der Waals surface area contributed by atoms with Crippen molar-refractivity contribution in [3.8, 4) is 0 Å². The van der Waals surface area contributed by atoms with Crippen molar-refractivity contribution in [1.82, 2.24) is 10.3 Å². The highest BCUT2D eigenvalue weighted by atomic mass is 32.2. The van der Waals surface area contributed by atoms with Crippen LogP contribution in [0.4, 0.5) is 10.5 Å². The van der Waals surface area contributed by atoms with Crippen molar-refractivity contribution < 1.29 is 9.00 Å². The minimum atomic E-state index is -1.08. The lowest BCUT2D eigenvalue weighted by atomic mass is 10.1. The van der Waals surface area contributed by atoms with Crippen molar-refractivity contribution in [3.05, 3.63) is 40.3 Å². The molecule has 1 aromatic carbocycles. The first kappa shape index (κ1) is 16.6. The van der Waals surface area contributed by atoms with Crippen LogP contribution in [-0.2, 0) is 16.3 Å². The van der Waals surface area contributed by atoms with Gasteiger partial charge in [-0.3, -0.25) is 4.21 Å². The molecule has 118 valence electrons. The molecule has 0 bridgehead atoms. The van der Waals surface area contributed by atoms with Crippen molar-refractivity contribution in [2.45, 2.75) is 31.2 Å². The second-order valence-electron chi connectivity index (χ2n) is 5.48. The number of carbonyl (C=O) groups excluding carboxylic acids is 1. The van der Waals surface area contributed by atoms with Gasteiger partial charge >= 0.3 is 6.03 Å². The Morgan fingerprint density at radius 1 is 1.36 bits per heavy atom. The average Bonchev–Trinajstić information content (AvgIpc) is 2.85. The molecule has 0 aliphatic carbocycles. The van der Waals surface area contributed by atoms with E-state index < -0.39 is 16.3 Å². The van der Waals surface area contributed by atoms with Gasteiger partial charge in [0, 0.05) is 38.7 Å². The predicted molar refractivity (Wildman–Crippen MR) is 90.8 cm³/mol. The maximum atomic E-state index is 12.2. The number of hydrogen-bond donors (Lipinski definition) is 2. The summed E-state index contributed by atoms with van der Waals surface area (Å²) in [4.78, 5) is 17.3. The van der Waals surface area contributed by atoms with E-state index in [0.717, 1.165) is 10.7 Å². The van der Waals surface area contributed by atoms with E-state index in [4.69, 9.17) is 0 Å². The summed E-state index contributed by atoms with van der Waals surface area (Å²) in [5.74, 6) is 0. The molecule has 0 radical (unpaired) electrons. The van der Waals surface area contributed by atoms with Crippen LogP contribution >= 0.6 is 11.3 Å². The largest absolute Gasteiger partial charge is 0.326 e. The highest BCUT2D eigenvalue weighted by Crippen LogP contribution is 2.24. The number of benzene rings is 1. The van der Waals surface area contributed by atoms with Gasteiger partial charge in [0.05, 0.1) is 5.54 Å². The van der Waals surface area contributed by atoms with E-state index >= 15 is 0 Å². The van der Waals surface area contributed by atoms with Gasteiger partial charge in [0.25, 0.3) is 0 Å². The first-order valence-electron chi connectivity index (χ1n) is 6.73. The van der Waals surface area contributed by atoms with Crippen molar-refractivity contribution in [1.29, 1.82) is 0 Å². The van der Waals surface area contributed by atoms with E-state index in [9.17, 15) is 9.00 Å². The molecule has 7 heteroatoms. The van der Waals surface area contributed by atoms with Gasteiger partial charge in [-0.05, 0) is 39.0 Å². The summed E-state index contributed by atoms with van der Waals surface area (Å²) in [5.41, 5.74) is 0.985. The van der Waals surface area contributed by atoms with E-state index in [1.165, 1.54) is 11.3 Å². The molecule has 0 saturated carbocycles. The molecule has 2 aromatic rings. The van der Waals surface area contributed by atoms with E-state index in [2.05, 4.69) is 15.6 Å². The van der Waals surface area contributed by atoms with Gasteiger partial charge < -0.3 is 10.6 Å². The molecule has 0 fully saturated rings. The zero-order valence-electron chi connectivity index (χ0n) is 13.0. The highest BCUT2D eigenvalue weighted by Gasteiger charge is 2.26. The fourth-order valence-electron chi connectivity index (χ4n) is 1.89. The Bertz CT molecular complexity index is 710. The Kier molecular flexibility index (Phi) is 4.97. The number of aromatic nitrogens is 1. The number of amides is 2. The number of aryl methyl sites for hydroxylation is 1. The number of rotatable bonds is 4. The Balaban J connectivity index is 2.06. The number of thiazole rings is 1. The topological polar surface area (TPSA) is 71.1 Å². The van der Waals surface area contributed by atoms with E-state index in [1.807, 2.05) is 26.2 Å². The van der Waals surface area contributed by atoms with Gasteiger partial charge in [-0.2, -0.15) is 0 Å². The van der Waals surface area contributed by atoms with Crippen LogP contribution < -0.4 is 10.6 Å². The van der Waals surface area contributed by atoms with Gasteiger partial charge in [0.2, 0.25) is 0 Å². The second kappa shape index (κ2) is 6.58. The quantitative estimate of drug-likeness (QED) is 0.899. The molecule has 0 aliphatic rings. The fraction of sp³-hybridized carbons (Fsp3) is 0.333. The average molecular weight is 337 g/mol. The smallest absolute Gasteiger partial charge is 0.319 e. The van der Waals surface area contributed by atoms with Crippen molar-refractivity contribution in [3.63, 3.8) is 0 Å². The maximum absolute atomic E-state index is 12.2.